The molecule has 1 aliphatic heterocycles. The van der Waals surface area contributed by atoms with Gasteiger partial charge in [-0.1, -0.05) is 23.7 Å². The van der Waals surface area contributed by atoms with E-state index in [1.807, 2.05) is 32.0 Å². The van der Waals surface area contributed by atoms with E-state index in [9.17, 15) is 4.79 Å². The molecule has 0 unspecified atom stereocenters. The Bertz CT molecular complexity index is 519. The zero-order chi connectivity index (χ0) is 15.7. The minimum absolute atomic E-state index is 0.198. The van der Waals surface area contributed by atoms with Crippen LogP contribution in [0.4, 0.5) is 0 Å². The van der Waals surface area contributed by atoms with Crippen LogP contribution in [0.25, 0.3) is 0 Å². The Kier molecular flexibility index (Phi) is 4.64. The van der Waals surface area contributed by atoms with Crippen molar-refractivity contribution in [2.45, 2.75) is 44.6 Å². The summed E-state index contributed by atoms with van der Waals surface area (Å²) in [5.74, 6) is -0.236. The Labute approximate surface area is 132 Å². The summed E-state index contributed by atoms with van der Waals surface area (Å²) in [6.07, 6.45) is 1.90. The first-order valence-corrected chi connectivity index (χ1v) is 7.79. The van der Waals surface area contributed by atoms with Gasteiger partial charge in [0.2, 0.25) is 0 Å². The van der Waals surface area contributed by atoms with Gasteiger partial charge in [-0.25, -0.2) is 0 Å². The van der Waals surface area contributed by atoms with Crippen molar-refractivity contribution in [3.05, 3.63) is 34.9 Å². The van der Waals surface area contributed by atoms with Gasteiger partial charge in [-0.2, -0.15) is 0 Å². The van der Waals surface area contributed by atoms with E-state index in [4.69, 9.17) is 16.3 Å². The van der Waals surface area contributed by atoms with Gasteiger partial charge in [-0.3, -0.25) is 4.79 Å². The number of carbonyl (C=O) groups is 1. The Hall–Kier alpha value is -1.06. The Morgan fingerprint density at radius 1 is 1.33 bits per heavy atom. The summed E-state index contributed by atoms with van der Waals surface area (Å²) in [5, 5.41) is 0.726. The van der Waals surface area contributed by atoms with E-state index >= 15 is 0 Å². The maximum atomic E-state index is 11.5. The molecule has 1 aliphatic rings. The molecule has 116 valence electrons. The molecule has 0 spiro atoms. The lowest BCUT2D eigenvalue weighted by atomic mass is 9.63. The Balaban J connectivity index is 2.47. The molecule has 0 saturated carbocycles. The lowest BCUT2D eigenvalue weighted by molar-refractivity contribution is -0.164. The summed E-state index contributed by atoms with van der Waals surface area (Å²) in [5.41, 5.74) is 0.398. The number of hydrogen-bond acceptors (Lipinski definition) is 3. The third-order valence-corrected chi connectivity index (χ3v) is 5.00. The zero-order valence-electron chi connectivity index (χ0n) is 13.3. The van der Waals surface area contributed by atoms with E-state index in [0.717, 1.165) is 36.5 Å². The van der Waals surface area contributed by atoms with Crippen molar-refractivity contribution in [2.24, 2.45) is 0 Å². The molecule has 0 radical (unpaired) electrons. The maximum Gasteiger partial charge on any atom is 0.303 e. The first-order chi connectivity index (χ1) is 9.77. The van der Waals surface area contributed by atoms with Gasteiger partial charge >= 0.3 is 5.97 Å². The van der Waals surface area contributed by atoms with Crippen molar-refractivity contribution in [3.63, 3.8) is 0 Å². The number of esters is 1. The first kappa shape index (κ1) is 16.3. The van der Waals surface area contributed by atoms with Gasteiger partial charge in [0.15, 0.2) is 0 Å². The second kappa shape index (κ2) is 5.98. The predicted octanol–water partition coefficient (Wildman–Crippen LogP) is 3.65. The minimum Gasteiger partial charge on any atom is -0.459 e. The lowest BCUT2D eigenvalue weighted by Crippen LogP contribution is -2.55. The molecule has 0 aromatic heterocycles. The van der Waals surface area contributed by atoms with Gasteiger partial charge in [0.1, 0.15) is 5.60 Å². The van der Waals surface area contributed by atoms with E-state index < -0.39 is 5.60 Å². The highest BCUT2D eigenvalue weighted by Gasteiger charge is 2.50. The highest BCUT2D eigenvalue weighted by Crippen LogP contribution is 2.46. The topological polar surface area (TPSA) is 29.5 Å². The van der Waals surface area contributed by atoms with Gasteiger partial charge in [-0.05, 0) is 64.5 Å². The van der Waals surface area contributed by atoms with Crippen LogP contribution in [-0.4, -0.2) is 36.6 Å². The summed E-state index contributed by atoms with van der Waals surface area (Å²) in [6.45, 7) is 7.47. The van der Waals surface area contributed by atoms with Gasteiger partial charge in [0.25, 0.3) is 0 Å². The molecule has 4 heteroatoms. The second-order valence-electron chi connectivity index (χ2n) is 6.50. The fourth-order valence-electron chi connectivity index (χ4n) is 3.48. The number of hydrogen-bond donors (Lipinski definition) is 0. The van der Waals surface area contributed by atoms with Crippen molar-refractivity contribution in [1.82, 2.24) is 4.90 Å². The summed E-state index contributed by atoms with van der Waals surface area (Å²) in [4.78, 5) is 13.9. The Morgan fingerprint density at radius 3 is 2.48 bits per heavy atom. The standard InChI is InChI=1S/C17H24ClNO2/c1-13(20)21-16(2,3)17(8-10-19(4)11-9-17)14-6-5-7-15(18)12-14/h5-7,12H,8-11H2,1-4H3. The van der Waals surface area contributed by atoms with Gasteiger partial charge in [0, 0.05) is 17.4 Å². The van der Waals surface area contributed by atoms with Crippen LogP contribution in [0.5, 0.6) is 0 Å². The molecule has 0 bridgehead atoms. The van der Waals surface area contributed by atoms with Crippen LogP contribution in [0.3, 0.4) is 0 Å². The van der Waals surface area contributed by atoms with Crippen LogP contribution in [0.2, 0.25) is 5.02 Å². The number of ether oxygens (including phenoxy) is 1. The molecule has 1 saturated heterocycles. The number of nitrogens with zero attached hydrogens (tertiary/aromatic N) is 1. The third-order valence-electron chi connectivity index (χ3n) is 4.77. The van der Waals surface area contributed by atoms with Crippen molar-refractivity contribution in [1.29, 1.82) is 0 Å². The lowest BCUT2D eigenvalue weighted by Gasteiger charge is -2.50. The van der Waals surface area contributed by atoms with E-state index in [1.54, 1.807) is 0 Å². The van der Waals surface area contributed by atoms with E-state index in [1.165, 1.54) is 6.92 Å². The van der Waals surface area contributed by atoms with Crippen LogP contribution in [0.1, 0.15) is 39.2 Å². The summed E-state index contributed by atoms with van der Waals surface area (Å²) in [6, 6.07) is 7.97. The molecule has 0 amide bonds. The fraction of sp³-hybridized carbons (Fsp3) is 0.588. The fourth-order valence-corrected chi connectivity index (χ4v) is 3.67. The third kappa shape index (κ3) is 3.24. The second-order valence-corrected chi connectivity index (χ2v) is 6.94. The molecule has 1 aromatic rings. The molecule has 0 atom stereocenters. The number of benzene rings is 1. The highest BCUT2D eigenvalue weighted by molar-refractivity contribution is 6.30. The quantitative estimate of drug-likeness (QED) is 0.798. The number of rotatable bonds is 3. The van der Waals surface area contributed by atoms with Crippen molar-refractivity contribution in [3.8, 4) is 0 Å². The van der Waals surface area contributed by atoms with Gasteiger partial charge in [0.05, 0.1) is 0 Å². The SMILES string of the molecule is CC(=O)OC(C)(C)C1(c2cccc(Cl)c2)CCN(C)CC1. The largest absolute Gasteiger partial charge is 0.459 e. The number of piperidine rings is 1. The highest BCUT2D eigenvalue weighted by atomic mass is 35.5. The van der Waals surface area contributed by atoms with E-state index in [0.29, 0.717) is 0 Å². The molecular formula is C17H24ClNO2. The zero-order valence-corrected chi connectivity index (χ0v) is 14.0. The first-order valence-electron chi connectivity index (χ1n) is 7.41. The molecule has 3 nitrogen and oxygen atoms in total. The summed E-state index contributed by atoms with van der Waals surface area (Å²) < 4.78 is 5.71. The molecule has 1 heterocycles. The average Bonchev–Trinajstić information content (AvgIpc) is 2.38. The number of carbonyl (C=O) groups excluding carboxylic acids is 1. The van der Waals surface area contributed by atoms with Crippen LogP contribution in [-0.2, 0) is 14.9 Å². The van der Waals surface area contributed by atoms with E-state index in [-0.39, 0.29) is 11.4 Å². The van der Waals surface area contributed by atoms with Gasteiger partial charge in [-0.15, -0.1) is 0 Å². The average molecular weight is 310 g/mol. The molecule has 1 aromatic carbocycles. The predicted molar refractivity (Wildman–Crippen MR) is 85.7 cm³/mol. The van der Waals surface area contributed by atoms with E-state index in [2.05, 4.69) is 18.0 Å². The van der Waals surface area contributed by atoms with Crippen LogP contribution in [0, 0.1) is 0 Å². The van der Waals surface area contributed by atoms with Crippen LogP contribution >= 0.6 is 11.6 Å². The van der Waals surface area contributed by atoms with Gasteiger partial charge < -0.3 is 9.64 Å². The minimum atomic E-state index is -0.565. The van der Waals surface area contributed by atoms with Crippen LogP contribution < -0.4 is 0 Å². The molecule has 1 fully saturated rings. The molecule has 0 N–H and O–H groups in total. The molecule has 0 aliphatic carbocycles. The molecule has 2 rings (SSSR count). The maximum absolute atomic E-state index is 11.5. The van der Waals surface area contributed by atoms with Crippen molar-refractivity contribution < 1.29 is 9.53 Å². The molecular weight excluding hydrogens is 286 g/mol. The number of halogens is 1. The number of likely N-dealkylation sites (tertiary alicyclic amines) is 1. The summed E-state index contributed by atoms with van der Waals surface area (Å²) >= 11 is 6.19. The van der Waals surface area contributed by atoms with Crippen molar-refractivity contribution in [2.75, 3.05) is 20.1 Å². The normalized spacial score (nSPS) is 19.3. The monoisotopic (exact) mass is 309 g/mol. The van der Waals surface area contributed by atoms with Crippen molar-refractivity contribution >= 4 is 17.6 Å². The Morgan fingerprint density at radius 2 is 1.95 bits per heavy atom. The van der Waals surface area contributed by atoms with Crippen LogP contribution in [0.15, 0.2) is 24.3 Å². The molecule has 21 heavy (non-hydrogen) atoms. The smallest absolute Gasteiger partial charge is 0.303 e. The summed E-state index contributed by atoms with van der Waals surface area (Å²) in [7, 11) is 2.13.